The van der Waals surface area contributed by atoms with Crippen LogP contribution in [0.25, 0.3) is 0 Å². The fourth-order valence-corrected chi connectivity index (χ4v) is 3.44. The molecule has 6 nitrogen and oxygen atoms in total. The molecule has 7 heteroatoms. The van der Waals surface area contributed by atoms with Crippen LogP contribution in [0.3, 0.4) is 0 Å². The molecule has 1 aromatic carbocycles. The molecule has 0 spiro atoms. The van der Waals surface area contributed by atoms with Crippen molar-refractivity contribution in [1.82, 2.24) is 9.78 Å². The quantitative estimate of drug-likeness (QED) is 0.846. The first-order valence-electron chi connectivity index (χ1n) is 8.79. The van der Waals surface area contributed by atoms with Crippen molar-refractivity contribution >= 4 is 17.4 Å². The zero-order chi connectivity index (χ0) is 18.7. The topological polar surface area (TPSA) is 65.2 Å². The van der Waals surface area contributed by atoms with Crippen LogP contribution in [-0.4, -0.2) is 35.3 Å². The summed E-state index contributed by atoms with van der Waals surface area (Å²) >= 11 is 0. The second kappa shape index (κ2) is 7.56. The molecule has 1 fully saturated rings. The summed E-state index contributed by atoms with van der Waals surface area (Å²) in [5.41, 5.74) is 1.07. The Kier molecular flexibility index (Phi) is 5.21. The van der Waals surface area contributed by atoms with Crippen LogP contribution in [0.1, 0.15) is 25.3 Å². The maximum Gasteiger partial charge on any atom is 0.231 e. The fourth-order valence-electron chi connectivity index (χ4n) is 3.44. The molecule has 3 rings (SSSR count). The van der Waals surface area contributed by atoms with Crippen molar-refractivity contribution in [3.8, 4) is 6.07 Å². The summed E-state index contributed by atoms with van der Waals surface area (Å²) in [4.78, 5) is 16.7. The van der Waals surface area contributed by atoms with Crippen LogP contribution in [0.2, 0.25) is 0 Å². The lowest BCUT2D eigenvalue weighted by Crippen LogP contribution is -2.43. The van der Waals surface area contributed by atoms with Crippen molar-refractivity contribution in [3.63, 3.8) is 0 Å². The molecule has 26 heavy (non-hydrogen) atoms. The van der Waals surface area contributed by atoms with Gasteiger partial charge in [-0.1, -0.05) is 0 Å². The summed E-state index contributed by atoms with van der Waals surface area (Å²) in [5.74, 6) is 0.279. The highest BCUT2D eigenvalue weighted by atomic mass is 19.1. The van der Waals surface area contributed by atoms with Crippen LogP contribution < -0.4 is 9.80 Å². The van der Waals surface area contributed by atoms with Gasteiger partial charge in [-0.05, 0) is 38.0 Å². The minimum atomic E-state index is -0.413. The summed E-state index contributed by atoms with van der Waals surface area (Å²) in [5, 5.41) is 13.6. The molecular weight excluding hydrogens is 333 g/mol. The second-order valence-corrected chi connectivity index (χ2v) is 6.46. The first kappa shape index (κ1) is 17.9. The summed E-state index contributed by atoms with van der Waals surface area (Å²) in [6, 6.07) is 8.16. The molecule has 0 unspecified atom stereocenters. The van der Waals surface area contributed by atoms with Gasteiger partial charge in [0.2, 0.25) is 5.91 Å². The molecule has 1 aliphatic heterocycles. The number of rotatable bonds is 4. The molecule has 1 amide bonds. The molecule has 1 saturated heterocycles. The Labute approximate surface area is 152 Å². The Hall–Kier alpha value is -2.88. The number of piperidine rings is 1. The van der Waals surface area contributed by atoms with Gasteiger partial charge in [-0.25, -0.2) is 4.39 Å². The normalized spacial score (nSPS) is 14.9. The van der Waals surface area contributed by atoms with Crippen LogP contribution in [0.4, 0.5) is 15.9 Å². The van der Waals surface area contributed by atoms with Crippen molar-refractivity contribution in [2.75, 3.05) is 29.4 Å². The Morgan fingerprint density at radius 1 is 1.38 bits per heavy atom. The molecule has 136 valence electrons. The number of benzene rings is 1. The minimum Gasteiger partial charge on any atom is -0.370 e. The number of hydrogen-bond acceptors (Lipinski definition) is 4. The third-order valence-electron chi connectivity index (χ3n) is 4.82. The van der Waals surface area contributed by atoms with E-state index in [0.717, 1.165) is 5.69 Å². The Morgan fingerprint density at radius 2 is 2.12 bits per heavy atom. The molecule has 0 bridgehead atoms. The van der Waals surface area contributed by atoms with Gasteiger partial charge in [-0.15, -0.1) is 0 Å². The van der Waals surface area contributed by atoms with Gasteiger partial charge in [0.15, 0.2) is 5.82 Å². The van der Waals surface area contributed by atoms with E-state index in [9.17, 15) is 14.4 Å². The highest BCUT2D eigenvalue weighted by Crippen LogP contribution is 2.28. The van der Waals surface area contributed by atoms with Gasteiger partial charge in [0.05, 0.1) is 11.3 Å². The third kappa shape index (κ3) is 3.54. The summed E-state index contributed by atoms with van der Waals surface area (Å²) < 4.78 is 15.0. The summed E-state index contributed by atoms with van der Waals surface area (Å²) in [6.07, 6.45) is 3.22. The highest BCUT2D eigenvalue weighted by Gasteiger charge is 2.30. The van der Waals surface area contributed by atoms with Crippen LogP contribution in [-0.2, 0) is 11.8 Å². The molecule has 0 aliphatic carbocycles. The smallest absolute Gasteiger partial charge is 0.231 e. The first-order valence-corrected chi connectivity index (χ1v) is 8.79. The standard InChI is InChI=1S/C19H22FN5O/c1-3-25(18-8-9-23(2)22-18)19(26)14-6-10-24(11-7-14)17-5-4-16(20)12-15(17)13-21/h4-5,8-9,12,14H,3,6-7,10-11H2,1-2H3. The van der Waals surface area contributed by atoms with Crippen LogP contribution >= 0.6 is 0 Å². The predicted octanol–water partition coefficient (Wildman–Crippen LogP) is 2.70. The van der Waals surface area contributed by atoms with Gasteiger partial charge in [-0.3, -0.25) is 14.4 Å². The molecule has 0 radical (unpaired) electrons. The summed E-state index contributed by atoms with van der Waals surface area (Å²) in [7, 11) is 1.83. The number of nitriles is 1. The van der Waals surface area contributed by atoms with Crippen molar-refractivity contribution < 1.29 is 9.18 Å². The Morgan fingerprint density at radius 3 is 2.69 bits per heavy atom. The van der Waals surface area contributed by atoms with E-state index in [1.54, 1.807) is 15.6 Å². The van der Waals surface area contributed by atoms with E-state index in [-0.39, 0.29) is 11.8 Å². The highest BCUT2D eigenvalue weighted by molar-refractivity contribution is 5.94. The molecule has 0 saturated carbocycles. The molecule has 0 N–H and O–H groups in total. The number of aromatic nitrogens is 2. The predicted molar refractivity (Wildman–Crippen MR) is 97.3 cm³/mol. The van der Waals surface area contributed by atoms with E-state index in [2.05, 4.69) is 16.1 Å². The van der Waals surface area contributed by atoms with Crippen molar-refractivity contribution in [2.24, 2.45) is 13.0 Å². The average molecular weight is 355 g/mol. The number of carbonyl (C=O) groups excluding carboxylic acids is 1. The minimum absolute atomic E-state index is 0.0702. The molecular formula is C19H22FN5O. The molecule has 2 aromatic rings. The van der Waals surface area contributed by atoms with Crippen molar-refractivity contribution in [1.29, 1.82) is 5.26 Å². The number of aryl methyl sites for hydroxylation is 1. The zero-order valence-corrected chi connectivity index (χ0v) is 15.0. The maximum absolute atomic E-state index is 13.3. The second-order valence-electron chi connectivity index (χ2n) is 6.46. The number of hydrogen-bond donors (Lipinski definition) is 0. The third-order valence-corrected chi connectivity index (χ3v) is 4.82. The number of amides is 1. The van der Waals surface area contributed by atoms with Gasteiger partial charge in [0, 0.05) is 44.9 Å². The van der Waals surface area contributed by atoms with Crippen LogP contribution in [0.5, 0.6) is 0 Å². The van der Waals surface area contributed by atoms with E-state index in [1.165, 1.54) is 12.1 Å². The van der Waals surface area contributed by atoms with Gasteiger partial charge >= 0.3 is 0 Å². The largest absolute Gasteiger partial charge is 0.370 e. The SMILES string of the molecule is CCN(C(=O)C1CCN(c2ccc(F)cc2C#N)CC1)c1ccn(C)n1. The molecule has 0 atom stereocenters. The van der Waals surface area contributed by atoms with Gasteiger partial charge in [-0.2, -0.15) is 10.4 Å². The lowest BCUT2D eigenvalue weighted by Gasteiger charge is -2.35. The van der Waals surface area contributed by atoms with Gasteiger partial charge in [0.25, 0.3) is 0 Å². The first-order chi connectivity index (χ1) is 12.5. The molecule has 2 heterocycles. The monoisotopic (exact) mass is 355 g/mol. The number of anilines is 2. The fraction of sp³-hybridized carbons (Fsp3) is 0.421. The summed E-state index contributed by atoms with van der Waals surface area (Å²) in [6.45, 7) is 3.85. The lowest BCUT2D eigenvalue weighted by molar-refractivity contribution is -0.123. The van der Waals surface area contributed by atoms with E-state index in [4.69, 9.17) is 0 Å². The zero-order valence-electron chi connectivity index (χ0n) is 15.0. The Bertz CT molecular complexity index is 833. The van der Waals surface area contributed by atoms with Gasteiger partial charge < -0.3 is 4.90 Å². The average Bonchev–Trinajstić information content (AvgIpc) is 3.08. The van der Waals surface area contributed by atoms with Crippen molar-refractivity contribution in [2.45, 2.75) is 19.8 Å². The van der Waals surface area contributed by atoms with Crippen molar-refractivity contribution in [3.05, 3.63) is 41.8 Å². The van der Waals surface area contributed by atoms with E-state index >= 15 is 0 Å². The van der Waals surface area contributed by atoms with E-state index in [1.807, 2.05) is 26.2 Å². The maximum atomic E-state index is 13.3. The number of halogens is 1. The Balaban J connectivity index is 1.68. The van der Waals surface area contributed by atoms with Crippen LogP contribution in [0, 0.1) is 23.1 Å². The number of nitrogens with zero attached hydrogens (tertiary/aromatic N) is 5. The van der Waals surface area contributed by atoms with Gasteiger partial charge in [0.1, 0.15) is 11.9 Å². The van der Waals surface area contributed by atoms with Crippen LogP contribution in [0.15, 0.2) is 30.5 Å². The lowest BCUT2D eigenvalue weighted by atomic mass is 9.94. The van der Waals surface area contributed by atoms with E-state index in [0.29, 0.717) is 43.9 Å². The molecule has 1 aromatic heterocycles. The molecule has 1 aliphatic rings. The van der Waals surface area contributed by atoms with E-state index < -0.39 is 5.82 Å². The number of carbonyl (C=O) groups is 1.